The first-order chi connectivity index (χ1) is 12.3. The third kappa shape index (κ3) is 4.32. The average molecular weight is 334 g/mol. The van der Waals surface area contributed by atoms with Gasteiger partial charge in [-0.2, -0.15) is 0 Å². The Labute approximate surface area is 147 Å². The van der Waals surface area contributed by atoms with Crippen LogP contribution in [0, 0.1) is 0 Å². The summed E-state index contributed by atoms with van der Waals surface area (Å²) in [6.07, 6.45) is 6.67. The van der Waals surface area contributed by atoms with E-state index in [1.54, 1.807) is 24.5 Å². The minimum Gasteiger partial charge on any atom is -0.352 e. The summed E-state index contributed by atoms with van der Waals surface area (Å²) in [6.45, 7) is 2.84. The number of rotatable bonds is 7. The average Bonchev–Trinajstić information content (AvgIpc) is 2.66. The third-order valence-electron chi connectivity index (χ3n) is 3.98. The van der Waals surface area contributed by atoms with Gasteiger partial charge in [-0.3, -0.25) is 9.78 Å². The van der Waals surface area contributed by atoms with Crippen LogP contribution in [0.2, 0.25) is 0 Å². The second-order valence-electron chi connectivity index (χ2n) is 5.90. The number of carbonyl (C=O) groups is 1. The molecule has 3 aromatic rings. The zero-order valence-corrected chi connectivity index (χ0v) is 14.3. The van der Waals surface area contributed by atoms with Crippen LogP contribution in [0.5, 0.6) is 0 Å². The van der Waals surface area contributed by atoms with Crippen LogP contribution in [0.15, 0.2) is 54.9 Å². The van der Waals surface area contributed by atoms with Crippen molar-refractivity contribution < 1.29 is 4.79 Å². The molecule has 128 valence electrons. The molecule has 2 aromatic heterocycles. The van der Waals surface area contributed by atoms with E-state index in [9.17, 15) is 4.79 Å². The molecule has 0 saturated heterocycles. The Morgan fingerprint density at radius 3 is 2.80 bits per heavy atom. The van der Waals surface area contributed by atoms with Gasteiger partial charge in [0.15, 0.2) is 0 Å². The van der Waals surface area contributed by atoms with Gasteiger partial charge in [-0.15, -0.1) is 0 Å². The Morgan fingerprint density at radius 2 is 1.92 bits per heavy atom. The summed E-state index contributed by atoms with van der Waals surface area (Å²) in [7, 11) is 0. The maximum absolute atomic E-state index is 12.2. The van der Waals surface area contributed by atoms with E-state index in [1.165, 1.54) is 0 Å². The second-order valence-corrected chi connectivity index (χ2v) is 5.90. The van der Waals surface area contributed by atoms with E-state index in [0.717, 1.165) is 35.9 Å². The van der Waals surface area contributed by atoms with Gasteiger partial charge < -0.3 is 10.6 Å². The highest BCUT2D eigenvalue weighted by Gasteiger charge is 2.08. The zero-order chi connectivity index (χ0) is 17.5. The van der Waals surface area contributed by atoms with Gasteiger partial charge in [0.1, 0.15) is 5.82 Å². The van der Waals surface area contributed by atoms with Crippen LogP contribution in [0.1, 0.15) is 36.5 Å². The zero-order valence-electron chi connectivity index (χ0n) is 14.3. The predicted molar refractivity (Wildman–Crippen MR) is 101 cm³/mol. The Bertz CT molecular complexity index is 858. The lowest BCUT2D eigenvalue weighted by molar-refractivity contribution is 0.0953. The van der Waals surface area contributed by atoms with E-state index in [0.29, 0.717) is 17.9 Å². The van der Waals surface area contributed by atoms with E-state index in [-0.39, 0.29) is 5.91 Å². The van der Waals surface area contributed by atoms with E-state index in [2.05, 4.69) is 27.5 Å². The number of anilines is 2. The maximum Gasteiger partial charge on any atom is 0.251 e. The van der Waals surface area contributed by atoms with Crippen molar-refractivity contribution in [3.05, 3.63) is 60.4 Å². The summed E-state index contributed by atoms with van der Waals surface area (Å²) < 4.78 is 0. The Kier molecular flexibility index (Phi) is 5.57. The van der Waals surface area contributed by atoms with E-state index >= 15 is 0 Å². The molecule has 0 saturated carbocycles. The number of nitrogens with one attached hydrogen (secondary N) is 2. The molecule has 0 unspecified atom stereocenters. The van der Waals surface area contributed by atoms with Gasteiger partial charge in [0.05, 0.1) is 11.2 Å². The summed E-state index contributed by atoms with van der Waals surface area (Å²) in [6, 6.07) is 13.3. The lowest BCUT2D eigenvalue weighted by Crippen LogP contribution is -2.24. The van der Waals surface area contributed by atoms with Gasteiger partial charge in [0, 0.05) is 29.9 Å². The topological polar surface area (TPSA) is 66.9 Å². The van der Waals surface area contributed by atoms with Crippen molar-refractivity contribution in [2.24, 2.45) is 0 Å². The minimum absolute atomic E-state index is 0.0717. The second kappa shape index (κ2) is 8.24. The highest BCUT2D eigenvalue weighted by molar-refractivity contribution is 5.95. The molecular formula is C20H22N4O. The quantitative estimate of drug-likeness (QED) is 0.632. The fourth-order valence-corrected chi connectivity index (χ4v) is 2.66. The lowest BCUT2D eigenvalue weighted by Gasteiger charge is -2.10. The van der Waals surface area contributed by atoms with Gasteiger partial charge in [-0.25, -0.2) is 4.98 Å². The Balaban J connectivity index is 1.74. The van der Waals surface area contributed by atoms with Crippen LogP contribution in [-0.2, 0) is 0 Å². The highest BCUT2D eigenvalue weighted by Crippen LogP contribution is 2.23. The van der Waals surface area contributed by atoms with Gasteiger partial charge in [0.2, 0.25) is 0 Å². The van der Waals surface area contributed by atoms with Crippen LogP contribution in [0.3, 0.4) is 0 Å². The molecule has 2 heterocycles. The summed E-state index contributed by atoms with van der Waals surface area (Å²) in [5.74, 6) is 0.553. The van der Waals surface area contributed by atoms with E-state index in [4.69, 9.17) is 0 Å². The predicted octanol–water partition coefficient (Wildman–Crippen LogP) is 4.29. The molecule has 5 nitrogen and oxygen atoms in total. The number of fused-ring (bicyclic) bond motifs is 1. The largest absolute Gasteiger partial charge is 0.352 e. The summed E-state index contributed by atoms with van der Waals surface area (Å²) in [4.78, 5) is 21.0. The summed E-state index contributed by atoms with van der Waals surface area (Å²) in [5.41, 5.74) is 2.34. The molecule has 0 fully saturated rings. The number of benzene rings is 1. The van der Waals surface area contributed by atoms with Crippen molar-refractivity contribution in [3.63, 3.8) is 0 Å². The van der Waals surface area contributed by atoms with Crippen molar-refractivity contribution in [1.82, 2.24) is 15.3 Å². The van der Waals surface area contributed by atoms with Crippen molar-refractivity contribution in [2.75, 3.05) is 11.9 Å². The van der Waals surface area contributed by atoms with E-state index < -0.39 is 0 Å². The third-order valence-corrected chi connectivity index (χ3v) is 3.98. The van der Waals surface area contributed by atoms with Crippen molar-refractivity contribution >= 4 is 28.3 Å². The molecule has 0 aliphatic carbocycles. The molecule has 5 heteroatoms. The maximum atomic E-state index is 12.2. The molecule has 1 amide bonds. The molecule has 3 rings (SSSR count). The fraction of sp³-hybridized carbons (Fsp3) is 0.250. The molecule has 2 N–H and O–H groups in total. The van der Waals surface area contributed by atoms with Crippen molar-refractivity contribution in [2.45, 2.75) is 26.2 Å². The monoisotopic (exact) mass is 334 g/mol. The molecule has 0 aliphatic heterocycles. The minimum atomic E-state index is -0.0717. The van der Waals surface area contributed by atoms with Crippen LogP contribution in [0.4, 0.5) is 11.5 Å². The summed E-state index contributed by atoms with van der Waals surface area (Å²) in [5, 5.41) is 7.27. The number of unbranched alkanes of at least 4 members (excludes halogenated alkanes) is 2. The van der Waals surface area contributed by atoms with Crippen molar-refractivity contribution in [1.29, 1.82) is 0 Å². The molecule has 0 radical (unpaired) electrons. The lowest BCUT2D eigenvalue weighted by atomic mass is 10.2. The number of hydrogen-bond acceptors (Lipinski definition) is 4. The number of amides is 1. The van der Waals surface area contributed by atoms with Crippen LogP contribution >= 0.6 is 0 Å². The normalized spacial score (nSPS) is 10.6. The molecule has 0 atom stereocenters. The van der Waals surface area contributed by atoms with E-state index in [1.807, 2.05) is 30.3 Å². The van der Waals surface area contributed by atoms with Crippen LogP contribution in [-0.4, -0.2) is 22.4 Å². The number of aromatic nitrogens is 2. The number of hydrogen-bond donors (Lipinski definition) is 2. The van der Waals surface area contributed by atoms with Crippen LogP contribution in [0.25, 0.3) is 10.9 Å². The first kappa shape index (κ1) is 16.9. The number of nitrogens with zero attached hydrogens (tertiary/aromatic N) is 2. The Morgan fingerprint density at radius 1 is 1.04 bits per heavy atom. The van der Waals surface area contributed by atoms with Gasteiger partial charge in [-0.1, -0.05) is 38.0 Å². The highest BCUT2D eigenvalue weighted by atomic mass is 16.1. The van der Waals surface area contributed by atoms with Gasteiger partial charge >= 0.3 is 0 Å². The summed E-state index contributed by atoms with van der Waals surface area (Å²) >= 11 is 0. The fourth-order valence-electron chi connectivity index (χ4n) is 2.66. The number of carbonyl (C=O) groups excluding carboxylic acids is 1. The standard InChI is InChI=1S/C20H22N4O/c1-2-3-4-11-23-20(25)16-10-13-21-18(14-16)24-17-9-5-7-15-8-6-12-22-19(15)17/h5-10,12-14H,2-4,11H2,1H3,(H,21,24)(H,23,25). The van der Waals surface area contributed by atoms with Crippen LogP contribution < -0.4 is 10.6 Å². The van der Waals surface area contributed by atoms with Crippen molar-refractivity contribution in [3.8, 4) is 0 Å². The smallest absolute Gasteiger partial charge is 0.251 e. The Hall–Kier alpha value is -2.95. The molecule has 0 aliphatic rings. The molecule has 0 bridgehead atoms. The first-order valence-corrected chi connectivity index (χ1v) is 8.63. The SMILES string of the molecule is CCCCCNC(=O)c1ccnc(Nc2cccc3cccnc23)c1. The first-order valence-electron chi connectivity index (χ1n) is 8.63. The molecular weight excluding hydrogens is 312 g/mol. The number of pyridine rings is 2. The molecule has 1 aromatic carbocycles. The number of para-hydroxylation sites is 1. The molecule has 25 heavy (non-hydrogen) atoms. The molecule has 0 spiro atoms. The van der Waals surface area contributed by atoms with Gasteiger partial charge in [-0.05, 0) is 30.7 Å². The van der Waals surface area contributed by atoms with Gasteiger partial charge in [0.25, 0.3) is 5.91 Å².